The van der Waals surface area contributed by atoms with E-state index >= 15 is 0 Å². The first-order valence-electron chi connectivity index (χ1n) is 5.91. The number of hydrogen-bond donors (Lipinski definition) is 1. The summed E-state index contributed by atoms with van der Waals surface area (Å²) in [4.78, 5) is 13.3. The maximum absolute atomic E-state index is 11.5. The summed E-state index contributed by atoms with van der Waals surface area (Å²) in [5.74, 6) is 0.711. The van der Waals surface area contributed by atoms with Crippen LogP contribution in [0.5, 0.6) is 0 Å². The number of amides is 2. The van der Waals surface area contributed by atoms with E-state index in [0.717, 1.165) is 39.0 Å². The van der Waals surface area contributed by atoms with Crippen LogP contribution in [0.2, 0.25) is 0 Å². The number of nitrogens with zero attached hydrogens (tertiary/aromatic N) is 1. The Hall–Kier alpha value is -1.03. The normalized spacial score (nSPS) is 16.8. The van der Waals surface area contributed by atoms with Crippen molar-refractivity contribution in [3.63, 3.8) is 0 Å². The van der Waals surface area contributed by atoms with E-state index in [1.54, 1.807) is 11.0 Å². The quantitative estimate of drug-likeness (QED) is 0.724. The Balaban J connectivity index is 2.15. The highest BCUT2D eigenvalue weighted by atomic mass is 16.5. The molecule has 0 radical (unpaired) electrons. The molecule has 92 valence electrons. The number of rotatable bonds is 5. The van der Waals surface area contributed by atoms with Crippen molar-refractivity contribution in [1.29, 1.82) is 0 Å². The molecule has 1 aliphatic heterocycles. The minimum atomic E-state index is -0.0213. The van der Waals surface area contributed by atoms with Gasteiger partial charge in [-0.15, -0.1) is 6.58 Å². The molecule has 0 atom stereocenters. The van der Waals surface area contributed by atoms with Crippen LogP contribution in [0.1, 0.15) is 19.3 Å². The van der Waals surface area contributed by atoms with Crippen LogP contribution in [-0.4, -0.2) is 44.3 Å². The Morgan fingerprint density at radius 1 is 1.56 bits per heavy atom. The van der Waals surface area contributed by atoms with E-state index < -0.39 is 0 Å². The summed E-state index contributed by atoms with van der Waals surface area (Å²) in [6.45, 7) is 6.65. The van der Waals surface area contributed by atoms with Gasteiger partial charge < -0.3 is 15.0 Å². The first-order chi connectivity index (χ1) is 7.74. The Labute approximate surface area is 97.6 Å². The molecule has 1 N–H and O–H groups in total. The molecule has 16 heavy (non-hydrogen) atoms. The Morgan fingerprint density at radius 3 is 2.88 bits per heavy atom. The zero-order valence-corrected chi connectivity index (χ0v) is 10.1. The van der Waals surface area contributed by atoms with Gasteiger partial charge in [-0.2, -0.15) is 0 Å². The standard InChI is InChI=1S/C12H22N2O2/c1-3-7-13-12(15)14(2)8-4-11-5-9-16-10-6-11/h3,11H,1,4-10H2,2H3,(H,13,15). The molecule has 4 nitrogen and oxygen atoms in total. The van der Waals surface area contributed by atoms with Crippen LogP contribution in [0.3, 0.4) is 0 Å². The van der Waals surface area contributed by atoms with Gasteiger partial charge in [-0.1, -0.05) is 6.08 Å². The first kappa shape index (κ1) is 13.0. The Bertz CT molecular complexity index is 225. The Kier molecular flexibility index (Phi) is 5.93. The van der Waals surface area contributed by atoms with Gasteiger partial charge in [0.05, 0.1) is 0 Å². The largest absolute Gasteiger partial charge is 0.381 e. The summed E-state index contributed by atoms with van der Waals surface area (Å²) < 4.78 is 5.30. The van der Waals surface area contributed by atoms with Crippen LogP contribution in [-0.2, 0) is 4.74 Å². The van der Waals surface area contributed by atoms with Crippen molar-refractivity contribution in [3.05, 3.63) is 12.7 Å². The predicted octanol–water partition coefficient (Wildman–Crippen LogP) is 1.63. The predicted molar refractivity (Wildman–Crippen MR) is 64.4 cm³/mol. The molecule has 0 aromatic heterocycles. The highest BCUT2D eigenvalue weighted by Gasteiger charge is 2.15. The van der Waals surface area contributed by atoms with Gasteiger partial charge in [0.2, 0.25) is 0 Å². The van der Waals surface area contributed by atoms with E-state index in [1.165, 1.54) is 0 Å². The third-order valence-electron chi connectivity index (χ3n) is 2.96. The van der Waals surface area contributed by atoms with Crippen molar-refractivity contribution in [2.24, 2.45) is 5.92 Å². The van der Waals surface area contributed by atoms with Gasteiger partial charge >= 0.3 is 6.03 Å². The topological polar surface area (TPSA) is 41.6 Å². The molecule has 1 fully saturated rings. The maximum Gasteiger partial charge on any atom is 0.317 e. The molecule has 1 saturated heterocycles. The third-order valence-corrected chi connectivity index (χ3v) is 2.96. The van der Waals surface area contributed by atoms with Crippen LogP contribution in [0, 0.1) is 5.92 Å². The molecule has 1 rings (SSSR count). The second-order valence-corrected chi connectivity index (χ2v) is 4.24. The Morgan fingerprint density at radius 2 is 2.25 bits per heavy atom. The summed E-state index contributed by atoms with van der Waals surface area (Å²) in [5.41, 5.74) is 0. The van der Waals surface area contributed by atoms with Crippen LogP contribution in [0.15, 0.2) is 12.7 Å². The number of hydrogen-bond acceptors (Lipinski definition) is 2. The van der Waals surface area contributed by atoms with Crippen molar-refractivity contribution in [2.45, 2.75) is 19.3 Å². The molecule has 2 amide bonds. The molecule has 1 aliphatic rings. The maximum atomic E-state index is 11.5. The monoisotopic (exact) mass is 226 g/mol. The summed E-state index contributed by atoms with van der Waals surface area (Å²) in [6, 6.07) is -0.0213. The van der Waals surface area contributed by atoms with Crippen molar-refractivity contribution >= 4 is 6.03 Å². The molecule has 0 saturated carbocycles. The highest BCUT2D eigenvalue weighted by Crippen LogP contribution is 2.18. The van der Waals surface area contributed by atoms with E-state index in [1.807, 2.05) is 7.05 Å². The third kappa shape index (κ3) is 4.66. The van der Waals surface area contributed by atoms with E-state index in [0.29, 0.717) is 12.5 Å². The average molecular weight is 226 g/mol. The number of nitrogens with one attached hydrogen (secondary N) is 1. The van der Waals surface area contributed by atoms with Crippen molar-refractivity contribution in [2.75, 3.05) is 33.4 Å². The van der Waals surface area contributed by atoms with Gasteiger partial charge in [0.25, 0.3) is 0 Å². The van der Waals surface area contributed by atoms with E-state index in [4.69, 9.17) is 4.74 Å². The van der Waals surface area contributed by atoms with Crippen LogP contribution in [0.4, 0.5) is 4.79 Å². The number of carbonyl (C=O) groups is 1. The lowest BCUT2D eigenvalue weighted by molar-refractivity contribution is 0.0619. The molecule has 0 aliphatic carbocycles. The smallest absolute Gasteiger partial charge is 0.317 e. The van der Waals surface area contributed by atoms with Gasteiger partial charge in [0.15, 0.2) is 0 Å². The molecule has 0 aromatic carbocycles. The number of ether oxygens (including phenoxy) is 1. The average Bonchev–Trinajstić information content (AvgIpc) is 2.34. The molecule has 0 unspecified atom stereocenters. The summed E-state index contributed by atoms with van der Waals surface area (Å²) in [7, 11) is 1.83. The van der Waals surface area contributed by atoms with Gasteiger partial charge in [-0.25, -0.2) is 4.79 Å². The van der Waals surface area contributed by atoms with Crippen molar-refractivity contribution < 1.29 is 9.53 Å². The first-order valence-corrected chi connectivity index (χ1v) is 5.91. The van der Waals surface area contributed by atoms with Crippen molar-refractivity contribution in [3.8, 4) is 0 Å². The van der Waals surface area contributed by atoms with Gasteiger partial charge in [-0.3, -0.25) is 0 Å². The number of carbonyl (C=O) groups excluding carboxylic acids is 1. The van der Waals surface area contributed by atoms with E-state index in [9.17, 15) is 4.79 Å². The fourth-order valence-electron chi connectivity index (χ4n) is 1.81. The zero-order chi connectivity index (χ0) is 11.8. The van der Waals surface area contributed by atoms with Crippen molar-refractivity contribution in [1.82, 2.24) is 10.2 Å². The highest BCUT2D eigenvalue weighted by molar-refractivity contribution is 5.73. The summed E-state index contributed by atoms with van der Waals surface area (Å²) >= 11 is 0. The lowest BCUT2D eigenvalue weighted by atomic mass is 9.96. The molecule has 4 heteroatoms. The van der Waals surface area contributed by atoms with Crippen LogP contribution < -0.4 is 5.32 Å². The molecular formula is C12H22N2O2. The minimum absolute atomic E-state index is 0.0213. The summed E-state index contributed by atoms with van der Waals surface area (Å²) in [5, 5.41) is 2.76. The minimum Gasteiger partial charge on any atom is -0.381 e. The second-order valence-electron chi connectivity index (χ2n) is 4.24. The number of urea groups is 1. The van der Waals surface area contributed by atoms with Gasteiger partial charge in [0.1, 0.15) is 0 Å². The van der Waals surface area contributed by atoms with Gasteiger partial charge in [-0.05, 0) is 25.2 Å². The lowest BCUT2D eigenvalue weighted by Gasteiger charge is -2.24. The molecule has 1 heterocycles. The zero-order valence-electron chi connectivity index (χ0n) is 10.1. The molecular weight excluding hydrogens is 204 g/mol. The van der Waals surface area contributed by atoms with E-state index in [-0.39, 0.29) is 6.03 Å². The van der Waals surface area contributed by atoms with Crippen LogP contribution in [0.25, 0.3) is 0 Å². The lowest BCUT2D eigenvalue weighted by Crippen LogP contribution is -2.38. The molecule has 0 aromatic rings. The second kappa shape index (κ2) is 7.28. The fraction of sp³-hybridized carbons (Fsp3) is 0.750. The van der Waals surface area contributed by atoms with E-state index in [2.05, 4.69) is 11.9 Å². The molecule has 0 bridgehead atoms. The van der Waals surface area contributed by atoms with Crippen LogP contribution >= 0.6 is 0 Å². The summed E-state index contributed by atoms with van der Waals surface area (Å²) in [6.07, 6.45) is 5.01. The fourth-order valence-corrected chi connectivity index (χ4v) is 1.81. The SMILES string of the molecule is C=CCNC(=O)N(C)CCC1CCOCC1. The van der Waals surface area contributed by atoms with Gasteiger partial charge in [0, 0.05) is 33.4 Å². The molecule has 0 spiro atoms.